The van der Waals surface area contributed by atoms with Gasteiger partial charge in [-0.05, 0) is 30.7 Å². The Morgan fingerprint density at radius 1 is 1.16 bits per heavy atom. The van der Waals surface area contributed by atoms with Gasteiger partial charge in [0.25, 0.3) is 11.6 Å². The molecule has 0 aliphatic heterocycles. The van der Waals surface area contributed by atoms with E-state index in [1.165, 1.54) is 29.7 Å². The monoisotopic (exact) mass is 454 g/mol. The number of nitrogens with zero attached hydrogens (tertiary/aromatic N) is 1. The summed E-state index contributed by atoms with van der Waals surface area (Å²) in [5, 5.41) is 23.9. The van der Waals surface area contributed by atoms with Gasteiger partial charge in [0, 0.05) is 24.6 Å². The molecular weight excluding hydrogens is 428 g/mol. The van der Waals surface area contributed by atoms with Crippen LogP contribution in [0.5, 0.6) is 0 Å². The normalized spacial score (nSPS) is 16.2. The van der Waals surface area contributed by atoms with E-state index in [-0.39, 0.29) is 36.4 Å². The van der Waals surface area contributed by atoms with Crippen molar-refractivity contribution in [2.75, 3.05) is 0 Å². The summed E-state index contributed by atoms with van der Waals surface area (Å²) in [6.07, 6.45) is 2.10. The van der Waals surface area contributed by atoms with Crippen LogP contribution in [0.2, 0.25) is 0 Å². The van der Waals surface area contributed by atoms with Crippen molar-refractivity contribution in [3.63, 3.8) is 0 Å². The lowest BCUT2D eigenvalue weighted by atomic mass is 9.92. The molecule has 0 bridgehead atoms. The molecule has 31 heavy (non-hydrogen) atoms. The van der Waals surface area contributed by atoms with Crippen LogP contribution in [0.25, 0.3) is 0 Å². The molecular formula is C20H27ClN4O6. The molecule has 11 heteroatoms. The van der Waals surface area contributed by atoms with Crippen molar-refractivity contribution in [3.05, 3.63) is 39.9 Å². The minimum absolute atomic E-state index is 0.0249. The average Bonchev–Trinajstić information content (AvgIpc) is 3.54. The van der Waals surface area contributed by atoms with Gasteiger partial charge in [-0.3, -0.25) is 29.7 Å². The Balaban J connectivity index is 2.19. The highest BCUT2D eigenvalue weighted by atomic mass is 35.5. The lowest BCUT2D eigenvalue weighted by molar-refractivity contribution is -0.384. The molecule has 1 aromatic rings. The molecule has 0 aromatic heterocycles. The van der Waals surface area contributed by atoms with Gasteiger partial charge in [0.05, 0.1) is 10.8 Å². The molecule has 0 spiro atoms. The maximum absolute atomic E-state index is 13.0. The number of nitrogens with one attached hydrogen (secondary N) is 3. The maximum Gasteiger partial charge on any atom is 0.269 e. The number of benzene rings is 1. The van der Waals surface area contributed by atoms with Crippen molar-refractivity contribution in [2.45, 2.75) is 57.0 Å². The number of amides is 3. The fourth-order valence-corrected chi connectivity index (χ4v) is 3.38. The molecule has 1 aliphatic rings. The standard InChI is InChI=1S/C20H27ClN4O6/c1-11(2)9-15(17(21)20(28)24-29)18(26)23-16(19(27)22-13-5-6-13)10-12-3-7-14(8-4-12)25(30)31/h3-4,7-8,11,13,15-17,29H,5-6,9-10H2,1-2H3,(H,22,27)(H,23,26)(H,24,28)/t15-,16+,17-/m1/s1. The first kappa shape index (κ1) is 24.5. The van der Waals surface area contributed by atoms with E-state index in [0.717, 1.165) is 12.8 Å². The molecule has 0 radical (unpaired) electrons. The lowest BCUT2D eigenvalue weighted by Gasteiger charge is -2.25. The van der Waals surface area contributed by atoms with Crippen LogP contribution in [0.1, 0.15) is 38.7 Å². The van der Waals surface area contributed by atoms with E-state index in [4.69, 9.17) is 16.8 Å². The van der Waals surface area contributed by atoms with E-state index in [2.05, 4.69) is 10.6 Å². The number of hydroxylamine groups is 1. The highest BCUT2D eigenvalue weighted by Gasteiger charge is 2.35. The molecule has 1 aliphatic carbocycles. The number of hydrogen-bond donors (Lipinski definition) is 4. The van der Waals surface area contributed by atoms with Gasteiger partial charge >= 0.3 is 0 Å². The predicted molar refractivity (Wildman–Crippen MR) is 112 cm³/mol. The van der Waals surface area contributed by atoms with Crippen molar-refractivity contribution in [2.24, 2.45) is 11.8 Å². The third-order valence-electron chi connectivity index (χ3n) is 4.92. The molecule has 1 saturated carbocycles. The molecule has 170 valence electrons. The third-order valence-corrected chi connectivity index (χ3v) is 5.42. The zero-order chi connectivity index (χ0) is 23.1. The Labute approximate surface area is 184 Å². The van der Waals surface area contributed by atoms with Crippen LogP contribution in [0.15, 0.2) is 24.3 Å². The fraction of sp³-hybridized carbons (Fsp3) is 0.550. The summed E-state index contributed by atoms with van der Waals surface area (Å²) in [6.45, 7) is 3.71. The van der Waals surface area contributed by atoms with Gasteiger partial charge in [0.15, 0.2) is 0 Å². The molecule has 2 rings (SSSR count). The fourth-order valence-electron chi connectivity index (χ4n) is 3.12. The quantitative estimate of drug-likeness (QED) is 0.173. The molecule has 3 amide bonds. The molecule has 1 aromatic carbocycles. The van der Waals surface area contributed by atoms with E-state index in [9.17, 15) is 24.5 Å². The molecule has 0 unspecified atom stereocenters. The number of rotatable bonds is 11. The van der Waals surface area contributed by atoms with Crippen LogP contribution in [0, 0.1) is 22.0 Å². The summed E-state index contributed by atoms with van der Waals surface area (Å²) in [5.41, 5.74) is 2.00. The van der Waals surface area contributed by atoms with Crippen LogP contribution < -0.4 is 16.1 Å². The van der Waals surface area contributed by atoms with Crippen LogP contribution in [-0.4, -0.2) is 45.3 Å². The first-order valence-electron chi connectivity index (χ1n) is 10.0. The van der Waals surface area contributed by atoms with Gasteiger partial charge in [-0.25, -0.2) is 5.48 Å². The smallest absolute Gasteiger partial charge is 0.269 e. The second kappa shape index (κ2) is 11.1. The van der Waals surface area contributed by atoms with E-state index in [1.54, 1.807) is 0 Å². The van der Waals surface area contributed by atoms with E-state index < -0.39 is 34.1 Å². The van der Waals surface area contributed by atoms with E-state index in [1.807, 2.05) is 13.8 Å². The number of halogens is 1. The Morgan fingerprint density at radius 2 is 1.77 bits per heavy atom. The number of hydrogen-bond acceptors (Lipinski definition) is 6. The summed E-state index contributed by atoms with van der Waals surface area (Å²) in [5.74, 6) is -2.82. The van der Waals surface area contributed by atoms with Crippen molar-refractivity contribution in [3.8, 4) is 0 Å². The van der Waals surface area contributed by atoms with Crippen LogP contribution in [0.4, 0.5) is 5.69 Å². The Morgan fingerprint density at radius 3 is 2.26 bits per heavy atom. The van der Waals surface area contributed by atoms with Gasteiger partial charge in [-0.1, -0.05) is 26.0 Å². The van der Waals surface area contributed by atoms with E-state index in [0.29, 0.717) is 5.56 Å². The largest absolute Gasteiger partial charge is 0.352 e. The van der Waals surface area contributed by atoms with Gasteiger partial charge in [-0.2, -0.15) is 0 Å². The van der Waals surface area contributed by atoms with Crippen LogP contribution >= 0.6 is 11.6 Å². The predicted octanol–water partition coefficient (Wildman–Crippen LogP) is 1.68. The average molecular weight is 455 g/mol. The number of carbonyl (C=O) groups excluding carboxylic acids is 3. The van der Waals surface area contributed by atoms with Gasteiger partial charge in [-0.15, -0.1) is 11.6 Å². The summed E-state index contributed by atoms with van der Waals surface area (Å²) >= 11 is 6.10. The number of alkyl halides is 1. The zero-order valence-electron chi connectivity index (χ0n) is 17.3. The zero-order valence-corrected chi connectivity index (χ0v) is 18.1. The topological polar surface area (TPSA) is 151 Å². The minimum Gasteiger partial charge on any atom is -0.352 e. The van der Waals surface area contributed by atoms with Crippen molar-refractivity contribution in [1.29, 1.82) is 0 Å². The Kier molecular flexibility index (Phi) is 8.76. The van der Waals surface area contributed by atoms with Crippen LogP contribution in [-0.2, 0) is 20.8 Å². The van der Waals surface area contributed by atoms with Crippen molar-refractivity contribution >= 4 is 35.0 Å². The summed E-state index contributed by atoms with van der Waals surface area (Å²) < 4.78 is 0. The SMILES string of the molecule is CC(C)C[C@@H](C(=O)N[C@@H](Cc1ccc([N+](=O)[O-])cc1)C(=O)NC1CC1)[C@@H](Cl)C(=O)NO. The Hall–Kier alpha value is -2.72. The van der Waals surface area contributed by atoms with Crippen LogP contribution in [0.3, 0.4) is 0 Å². The molecule has 0 saturated heterocycles. The number of carbonyl (C=O) groups is 3. The first-order chi connectivity index (χ1) is 14.6. The van der Waals surface area contributed by atoms with Gasteiger partial charge < -0.3 is 10.6 Å². The Bertz CT molecular complexity index is 812. The summed E-state index contributed by atoms with van der Waals surface area (Å²) in [4.78, 5) is 47.8. The second-order valence-corrected chi connectivity index (χ2v) is 8.56. The highest BCUT2D eigenvalue weighted by Crippen LogP contribution is 2.22. The molecule has 0 heterocycles. The summed E-state index contributed by atoms with van der Waals surface area (Å²) in [6, 6.07) is 4.82. The minimum atomic E-state index is -1.32. The number of non-ortho nitro benzene ring substituents is 1. The van der Waals surface area contributed by atoms with Gasteiger partial charge in [0.1, 0.15) is 11.4 Å². The second-order valence-electron chi connectivity index (χ2n) is 8.09. The first-order valence-corrected chi connectivity index (χ1v) is 10.5. The molecule has 3 atom stereocenters. The van der Waals surface area contributed by atoms with Gasteiger partial charge in [0.2, 0.25) is 11.8 Å². The summed E-state index contributed by atoms with van der Waals surface area (Å²) in [7, 11) is 0. The lowest BCUT2D eigenvalue weighted by Crippen LogP contribution is -2.52. The maximum atomic E-state index is 13.0. The molecule has 4 N–H and O–H groups in total. The molecule has 10 nitrogen and oxygen atoms in total. The van der Waals surface area contributed by atoms with Crippen molar-refractivity contribution < 1.29 is 24.5 Å². The number of nitro benzene ring substituents is 1. The molecule has 1 fully saturated rings. The number of nitro groups is 1. The third kappa shape index (κ3) is 7.48. The highest BCUT2D eigenvalue weighted by molar-refractivity contribution is 6.32. The van der Waals surface area contributed by atoms with E-state index >= 15 is 0 Å². The van der Waals surface area contributed by atoms with Crippen molar-refractivity contribution in [1.82, 2.24) is 16.1 Å².